The van der Waals surface area contributed by atoms with Gasteiger partial charge in [-0.3, -0.25) is 9.10 Å². The maximum atomic E-state index is 12.5. The predicted octanol–water partition coefficient (Wildman–Crippen LogP) is 3.99. The van der Waals surface area contributed by atoms with Gasteiger partial charge < -0.3 is 5.32 Å². The molecular formula is C23H30N2O3S. The van der Waals surface area contributed by atoms with Crippen LogP contribution in [0.5, 0.6) is 0 Å². The van der Waals surface area contributed by atoms with Crippen molar-refractivity contribution in [1.82, 2.24) is 5.32 Å². The summed E-state index contributed by atoms with van der Waals surface area (Å²) in [4.78, 5) is 12.5. The fourth-order valence-electron chi connectivity index (χ4n) is 3.94. The molecule has 0 radical (unpaired) electrons. The molecule has 3 rings (SSSR count). The average Bonchev–Trinajstić information content (AvgIpc) is 2.71. The number of fused-ring (bicyclic) bond motifs is 1. The van der Waals surface area contributed by atoms with Gasteiger partial charge >= 0.3 is 0 Å². The molecule has 0 aliphatic heterocycles. The van der Waals surface area contributed by atoms with Crippen molar-refractivity contribution in [3.8, 4) is 0 Å². The number of hydrogen-bond acceptors (Lipinski definition) is 3. The molecule has 0 spiro atoms. The van der Waals surface area contributed by atoms with Crippen LogP contribution in [0.1, 0.15) is 55.3 Å². The number of amides is 1. The molecule has 1 atom stereocenters. The van der Waals surface area contributed by atoms with Gasteiger partial charge in [0.2, 0.25) is 15.9 Å². The topological polar surface area (TPSA) is 66.5 Å². The Bertz CT molecular complexity index is 939. The summed E-state index contributed by atoms with van der Waals surface area (Å²) in [5.41, 5.74) is 4.32. The van der Waals surface area contributed by atoms with Crippen molar-refractivity contribution in [2.75, 3.05) is 17.1 Å². The van der Waals surface area contributed by atoms with Gasteiger partial charge in [0.05, 0.1) is 18.0 Å². The summed E-state index contributed by atoms with van der Waals surface area (Å²) in [6.07, 6.45) is 5.96. The minimum absolute atomic E-state index is 0.0264. The molecule has 0 bridgehead atoms. The molecule has 1 N–H and O–H groups in total. The van der Waals surface area contributed by atoms with Crippen LogP contribution in [0.2, 0.25) is 0 Å². The molecule has 0 saturated heterocycles. The quantitative estimate of drug-likeness (QED) is 0.710. The lowest BCUT2D eigenvalue weighted by atomic mass is 9.87. The molecule has 5 nitrogen and oxygen atoms in total. The zero-order chi connectivity index (χ0) is 20.9. The number of carbonyl (C=O) groups excluding carboxylic acids is 1. The fraction of sp³-hybridized carbons (Fsp3) is 0.435. The van der Waals surface area contributed by atoms with Crippen LogP contribution < -0.4 is 9.62 Å². The molecule has 1 amide bonds. The standard InChI is InChI=1S/C23H30N2O3S/c1-3-18-13-15-20(16-14-18)25(29(2,27)28)17-7-12-23(26)24-22-11-6-9-19-8-4-5-10-21(19)22/h4-5,8,10,13-16,22H,3,6-7,9,11-12,17H2,1-2H3,(H,24,26)/t22-/m1/s1. The maximum Gasteiger partial charge on any atom is 0.232 e. The average molecular weight is 415 g/mol. The number of aryl methyl sites for hydroxylation is 2. The van der Waals surface area contributed by atoms with Crippen molar-refractivity contribution in [2.45, 2.75) is 51.5 Å². The van der Waals surface area contributed by atoms with Crippen molar-refractivity contribution in [3.05, 3.63) is 65.2 Å². The van der Waals surface area contributed by atoms with Crippen molar-refractivity contribution >= 4 is 21.6 Å². The van der Waals surface area contributed by atoms with E-state index in [1.165, 1.54) is 21.7 Å². The highest BCUT2D eigenvalue weighted by Gasteiger charge is 2.22. The first-order valence-corrected chi connectivity index (χ1v) is 12.2. The Morgan fingerprint density at radius 3 is 2.55 bits per heavy atom. The van der Waals surface area contributed by atoms with E-state index in [0.29, 0.717) is 25.1 Å². The van der Waals surface area contributed by atoms with Gasteiger partial charge in [-0.25, -0.2) is 8.42 Å². The first kappa shape index (κ1) is 21.4. The zero-order valence-electron chi connectivity index (χ0n) is 17.2. The lowest BCUT2D eigenvalue weighted by Crippen LogP contribution is -2.33. The summed E-state index contributed by atoms with van der Waals surface area (Å²) in [5.74, 6) is -0.0264. The number of nitrogens with zero attached hydrogens (tertiary/aromatic N) is 1. The van der Waals surface area contributed by atoms with Crippen LogP contribution in [0.15, 0.2) is 48.5 Å². The van der Waals surface area contributed by atoms with Crippen LogP contribution in [0.4, 0.5) is 5.69 Å². The molecule has 0 fully saturated rings. The monoisotopic (exact) mass is 414 g/mol. The van der Waals surface area contributed by atoms with E-state index >= 15 is 0 Å². The van der Waals surface area contributed by atoms with Gasteiger partial charge in [-0.1, -0.05) is 43.3 Å². The fourth-order valence-corrected chi connectivity index (χ4v) is 4.90. The Kier molecular flexibility index (Phi) is 6.96. The van der Waals surface area contributed by atoms with Crippen molar-refractivity contribution in [1.29, 1.82) is 0 Å². The van der Waals surface area contributed by atoms with Gasteiger partial charge in [0, 0.05) is 13.0 Å². The van der Waals surface area contributed by atoms with Crippen LogP contribution in [0.3, 0.4) is 0 Å². The molecule has 156 valence electrons. The smallest absolute Gasteiger partial charge is 0.232 e. The van der Waals surface area contributed by atoms with Crippen LogP contribution in [-0.4, -0.2) is 27.1 Å². The Morgan fingerprint density at radius 1 is 1.14 bits per heavy atom. The summed E-state index contributed by atoms with van der Waals surface area (Å²) >= 11 is 0. The highest BCUT2D eigenvalue weighted by Crippen LogP contribution is 2.29. The molecular weight excluding hydrogens is 384 g/mol. The molecule has 0 heterocycles. The predicted molar refractivity (Wildman–Crippen MR) is 118 cm³/mol. The van der Waals surface area contributed by atoms with E-state index in [4.69, 9.17) is 0 Å². The molecule has 2 aromatic carbocycles. The highest BCUT2D eigenvalue weighted by molar-refractivity contribution is 7.92. The lowest BCUT2D eigenvalue weighted by Gasteiger charge is -2.26. The number of sulfonamides is 1. The molecule has 2 aromatic rings. The molecule has 0 aromatic heterocycles. The lowest BCUT2D eigenvalue weighted by molar-refractivity contribution is -0.122. The van der Waals surface area contributed by atoms with E-state index in [0.717, 1.165) is 31.2 Å². The molecule has 0 unspecified atom stereocenters. The molecule has 1 aliphatic carbocycles. The third-order valence-corrected chi connectivity index (χ3v) is 6.70. The van der Waals surface area contributed by atoms with E-state index in [1.807, 2.05) is 36.4 Å². The number of anilines is 1. The summed E-state index contributed by atoms with van der Waals surface area (Å²) in [5, 5.41) is 3.14. The summed E-state index contributed by atoms with van der Waals surface area (Å²) in [7, 11) is -3.40. The SMILES string of the molecule is CCc1ccc(N(CCCC(=O)N[C@@H]2CCCc3ccccc32)S(C)(=O)=O)cc1. The number of hydrogen-bond donors (Lipinski definition) is 1. The molecule has 1 aliphatic rings. The van der Waals surface area contributed by atoms with Crippen LogP contribution in [0, 0.1) is 0 Å². The summed E-state index contributed by atoms with van der Waals surface area (Å²) in [6.45, 7) is 2.35. The van der Waals surface area contributed by atoms with Crippen molar-refractivity contribution in [2.24, 2.45) is 0 Å². The third-order valence-electron chi connectivity index (χ3n) is 5.50. The third kappa shape index (κ3) is 5.60. The molecule has 0 saturated carbocycles. The van der Waals surface area contributed by atoms with Crippen molar-refractivity contribution in [3.63, 3.8) is 0 Å². The van der Waals surface area contributed by atoms with E-state index in [1.54, 1.807) is 0 Å². The number of rotatable bonds is 8. The number of nitrogens with one attached hydrogen (secondary N) is 1. The number of carbonyl (C=O) groups is 1. The summed E-state index contributed by atoms with van der Waals surface area (Å²) in [6, 6.07) is 15.9. The second-order valence-electron chi connectivity index (χ2n) is 7.67. The minimum Gasteiger partial charge on any atom is -0.349 e. The van der Waals surface area contributed by atoms with Crippen LogP contribution in [0.25, 0.3) is 0 Å². The van der Waals surface area contributed by atoms with Gasteiger partial charge in [0.25, 0.3) is 0 Å². The van der Waals surface area contributed by atoms with Crippen LogP contribution >= 0.6 is 0 Å². The van der Waals surface area contributed by atoms with Crippen LogP contribution in [-0.2, 0) is 27.7 Å². The Balaban J connectivity index is 1.58. The first-order valence-electron chi connectivity index (χ1n) is 10.3. The number of benzene rings is 2. The first-order chi connectivity index (χ1) is 13.9. The van der Waals surface area contributed by atoms with Gasteiger partial charge in [0.1, 0.15) is 0 Å². The van der Waals surface area contributed by atoms with Gasteiger partial charge in [0.15, 0.2) is 0 Å². The Labute approximate surface area is 174 Å². The second kappa shape index (κ2) is 9.44. The normalized spacial score (nSPS) is 16.1. The van der Waals surface area contributed by atoms with Crippen molar-refractivity contribution < 1.29 is 13.2 Å². The minimum atomic E-state index is -3.40. The molecule has 6 heteroatoms. The van der Waals surface area contributed by atoms with E-state index in [2.05, 4.69) is 24.4 Å². The van der Waals surface area contributed by atoms with E-state index < -0.39 is 10.0 Å². The van der Waals surface area contributed by atoms with Gasteiger partial charge in [-0.05, 0) is 60.9 Å². The van der Waals surface area contributed by atoms with Gasteiger partial charge in [-0.2, -0.15) is 0 Å². The Morgan fingerprint density at radius 2 is 1.86 bits per heavy atom. The van der Waals surface area contributed by atoms with E-state index in [9.17, 15) is 13.2 Å². The zero-order valence-corrected chi connectivity index (χ0v) is 18.0. The second-order valence-corrected chi connectivity index (χ2v) is 9.58. The highest BCUT2D eigenvalue weighted by atomic mass is 32.2. The summed E-state index contributed by atoms with van der Waals surface area (Å²) < 4.78 is 25.9. The van der Waals surface area contributed by atoms with Gasteiger partial charge in [-0.15, -0.1) is 0 Å². The van der Waals surface area contributed by atoms with E-state index in [-0.39, 0.29) is 11.9 Å². The largest absolute Gasteiger partial charge is 0.349 e. The molecule has 29 heavy (non-hydrogen) atoms. The maximum absolute atomic E-state index is 12.5. The Hall–Kier alpha value is -2.34.